The number of carbonyl (C=O) groups is 1. The molecule has 6 heteroatoms. The smallest absolute Gasteiger partial charge is 0.247 e. The van der Waals surface area contributed by atoms with Gasteiger partial charge in [-0.2, -0.15) is 0 Å². The molecule has 3 rings (SSSR count). The second-order valence-electron chi connectivity index (χ2n) is 5.44. The molecule has 24 heavy (non-hydrogen) atoms. The number of amides is 1. The summed E-state index contributed by atoms with van der Waals surface area (Å²) in [5, 5.41) is 12.0. The van der Waals surface area contributed by atoms with Crippen molar-refractivity contribution in [1.82, 2.24) is 10.5 Å². The summed E-state index contributed by atoms with van der Waals surface area (Å²) in [7, 11) is 0. The summed E-state index contributed by atoms with van der Waals surface area (Å²) >= 11 is 1.72. The first kappa shape index (κ1) is 16.4. The second-order valence-corrected chi connectivity index (χ2v) is 6.47. The lowest BCUT2D eigenvalue weighted by atomic mass is 10.1. The predicted octanol–water partition coefficient (Wildman–Crippen LogP) is 3.56. The first-order valence-electron chi connectivity index (χ1n) is 7.77. The molecule has 5 nitrogen and oxygen atoms in total. The zero-order valence-corrected chi connectivity index (χ0v) is 14.2. The van der Waals surface area contributed by atoms with Gasteiger partial charge in [0.05, 0.1) is 0 Å². The van der Waals surface area contributed by atoms with Gasteiger partial charge in [0.25, 0.3) is 0 Å². The maximum absolute atomic E-state index is 12.7. The molecule has 0 bridgehead atoms. The Hall–Kier alpha value is -2.44. The molecule has 2 N–H and O–H groups in total. The molecule has 0 aliphatic rings. The highest BCUT2D eigenvalue weighted by atomic mass is 32.1. The normalized spacial score (nSPS) is 12.0. The van der Waals surface area contributed by atoms with Crippen LogP contribution >= 0.6 is 11.3 Å². The van der Waals surface area contributed by atoms with Gasteiger partial charge in [-0.25, -0.2) is 0 Å². The molecule has 1 unspecified atom stereocenters. The molecular formula is C18H19N3O2S. The van der Waals surface area contributed by atoms with Gasteiger partial charge in [-0.15, -0.1) is 11.3 Å². The van der Waals surface area contributed by atoms with Gasteiger partial charge < -0.3 is 15.2 Å². The molecule has 0 aliphatic heterocycles. The standard InChI is InChI=1S/C18H19N3O2S/c1-13-12-16(21-23-13)20-18(22)17(14-6-3-2-4-7-14)19-10-9-15-8-5-11-24-15/h2-8,11-12,17,19H,9-10H2,1H3,(H,20,21,22). The van der Waals surface area contributed by atoms with E-state index in [1.165, 1.54) is 4.88 Å². The van der Waals surface area contributed by atoms with E-state index in [0.29, 0.717) is 18.1 Å². The molecule has 0 spiro atoms. The third-order valence-corrected chi connectivity index (χ3v) is 4.51. The van der Waals surface area contributed by atoms with Crippen LogP contribution in [0.25, 0.3) is 0 Å². The van der Waals surface area contributed by atoms with Gasteiger partial charge in [-0.05, 0) is 30.4 Å². The molecule has 0 radical (unpaired) electrons. The summed E-state index contributed by atoms with van der Waals surface area (Å²) < 4.78 is 5.00. The Labute approximate surface area is 144 Å². The highest BCUT2D eigenvalue weighted by Gasteiger charge is 2.21. The molecule has 2 heterocycles. The number of hydrogen-bond acceptors (Lipinski definition) is 5. The molecule has 124 valence electrons. The van der Waals surface area contributed by atoms with Crippen molar-refractivity contribution >= 4 is 23.1 Å². The summed E-state index contributed by atoms with van der Waals surface area (Å²) in [4.78, 5) is 14.0. The van der Waals surface area contributed by atoms with Crippen molar-refractivity contribution in [2.45, 2.75) is 19.4 Å². The van der Waals surface area contributed by atoms with Crippen molar-refractivity contribution < 1.29 is 9.32 Å². The van der Waals surface area contributed by atoms with Crippen LogP contribution in [0.3, 0.4) is 0 Å². The minimum atomic E-state index is -0.442. The van der Waals surface area contributed by atoms with Crippen LogP contribution in [0, 0.1) is 6.92 Å². The summed E-state index contributed by atoms with van der Waals surface area (Å²) in [6.07, 6.45) is 0.886. The van der Waals surface area contributed by atoms with E-state index in [1.54, 1.807) is 24.3 Å². The molecule has 3 aromatic rings. The average Bonchev–Trinajstić information content (AvgIpc) is 3.24. The second kappa shape index (κ2) is 7.90. The maximum Gasteiger partial charge on any atom is 0.247 e. The van der Waals surface area contributed by atoms with Gasteiger partial charge >= 0.3 is 0 Å². The van der Waals surface area contributed by atoms with Crippen molar-refractivity contribution in [2.24, 2.45) is 0 Å². The van der Waals surface area contributed by atoms with Crippen molar-refractivity contribution in [2.75, 3.05) is 11.9 Å². The average molecular weight is 341 g/mol. The highest BCUT2D eigenvalue weighted by molar-refractivity contribution is 7.09. The van der Waals surface area contributed by atoms with Gasteiger partial charge in [0, 0.05) is 17.5 Å². The van der Waals surface area contributed by atoms with E-state index in [0.717, 1.165) is 12.0 Å². The van der Waals surface area contributed by atoms with Crippen LogP contribution in [-0.4, -0.2) is 17.6 Å². The third kappa shape index (κ3) is 4.31. The zero-order valence-electron chi connectivity index (χ0n) is 13.4. The Morgan fingerprint density at radius 2 is 2.08 bits per heavy atom. The van der Waals surface area contributed by atoms with E-state index < -0.39 is 6.04 Å². The number of carbonyl (C=O) groups excluding carboxylic acids is 1. The fourth-order valence-electron chi connectivity index (χ4n) is 2.43. The summed E-state index contributed by atoms with van der Waals surface area (Å²) in [5.41, 5.74) is 0.918. The van der Waals surface area contributed by atoms with E-state index in [9.17, 15) is 4.79 Å². The highest BCUT2D eigenvalue weighted by Crippen LogP contribution is 2.17. The van der Waals surface area contributed by atoms with E-state index >= 15 is 0 Å². The van der Waals surface area contributed by atoms with Gasteiger partial charge in [0.15, 0.2) is 5.82 Å². The topological polar surface area (TPSA) is 67.2 Å². The van der Waals surface area contributed by atoms with Gasteiger partial charge in [-0.1, -0.05) is 41.6 Å². The molecule has 2 aromatic heterocycles. The number of nitrogens with one attached hydrogen (secondary N) is 2. The molecule has 1 atom stereocenters. The van der Waals surface area contributed by atoms with Crippen LogP contribution < -0.4 is 10.6 Å². The number of hydrogen-bond donors (Lipinski definition) is 2. The number of benzene rings is 1. The van der Waals surface area contributed by atoms with Gasteiger partial charge in [0.2, 0.25) is 5.91 Å². The van der Waals surface area contributed by atoms with Crippen LogP contribution in [0.5, 0.6) is 0 Å². The lowest BCUT2D eigenvalue weighted by molar-refractivity contribution is -0.118. The molecule has 0 fully saturated rings. The number of nitrogens with zero attached hydrogens (tertiary/aromatic N) is 1. The summed E-state index contributed by atoms with van der Waals surface area (Å²) in [6, 6.07) is 15.1. The monoisotopic (exact) mass is 341 g/mol. The van der Waals surface area contributed by atoms with Crippen molar-refractivity contribution in [1.29, 1.82) is 0 Å². The van der Waals surface area contributed by atoms with E-state index in [1.807, 2.05) is 36.4 Å². The Kier molecular flexibility index (Phi) is 5.40. The lowest BCUT2D eigenvalue weighted by Crippen LogP contribution is -2.34. The maximum atomic E-state index is 12.7. The van der Waals surface area contributed by atoms with Crippen molar-refractivity contribution in [3.63, 3.8) is 0 Å². The molecule has 0 aliphatic carbocycles. The van der Waals surface area contributed by atoms with Gasteiger partial charge in [0.1, 0.15) is 11.8 Å². The van der Waals surface area contributed by atoms with E-state index in [-0.39, 0.29) is 5.91 Å². The Morgan fingerprint density at radius 3 is 2.75 bits per heavy atom. The lowest BCUT2D eigenvalue weighted by Gasteiger charge is -2.18. The quantitative estimate of drug-likeness (QED) is 0.689. The first-order chi connectivity index (χ1) is 11.7. The fourth-order valence-corrected chi connectivity index (χ4v) is 3.13. The zero-order chi connectivity index (χ0) is 16.8. The van der Waals surface area contributed by atoms with E-state index in [2.05, 4.69) is 27.2 Å². The summed E-state index contributed by atoms with van der Waals surface area (Å²) in [6.45, 7) is 2.50. The Bertz CT molecular complexity index is 769. The minimum absolute atomic E-state index is 0.152. The SMILES string of the molecule is Cc1cc(NC(=O)C(NCCc2cccs2)c2ccccc2)no1. The number of aryl methyl sites for hydroxylation is 1. The Morgan fingerprint density at radius 1 is 1.25 bits per heavy atom. The third-order valence-electron chi connectivity index (χ3n) is 3.57. The largest absolute Gasteiger partial charge is 0.360 e. The number of thiophene rings is 1. The van der Waals surface area contributed by atoms with Crippen LogP contribution in [0.4, 0.5) is 5.82 Å². The van der Waals surface area contributed by atoms with Crippen LogP contribution in [0.1, 0.15) is 22.2 Å². The Balaban J connectivity index is 1.68. The molecule has 1 amide bonds. The van der Waals surface area contributed by atoms with Crippen molar-refractivity contribution in [3.05, 3.63) is 70.1 Å². The predicted molar refractivity (Wildman–Crippen MR) is 95.1 cm³/mol. The first-order valence-corrected chi connectivity index (χ1v) is 8.65. The molecular weight excluding hydrogens is 322 g/mol. The molecule has 0 saturated heterocycles. The van der Waals surface area contributed by atoms with Crippen LogP contribution in [0.15, 0.2) is 58.4 Å². The number of aromatic nitrogens is 1. The molecule has 0 saturated carbocycles. The van der Waals surface area contributed by atoms with Crippen LogP contribution in [-0.2, 0) is 11.2 Å². The minimum Gasteiger partial charge on any atom is -0.360 e. The fraction of sp³-hybridized carbons (Fsp3) is 0.222. The van der Waals surface area contributed by atoms with Crippen molar-refractivity contribution in [3.8, 4) is 0 Å². The number of rotatable bonds is 7. The van der Waals surface area contributed by atoms with Crippen LogP contribution in [0.2, 0.25) is 0 Å². The molecule has 1 aromatic carbocycles. The summed E-state index contributed by atoms with van der Waals surface area (Å²) in [5.74, 6) is 0.936. The number of anilines is 1. The van der Waals surface area contributed by atoms with E-state index in [4.69, 9.17) is 4.52 Å². The van der Waals surface area contributed by atoms with Gasteiger partial charge in [-0.3, -0.25) is 4.79 Å².